The maximum atomic E-state index is 12.0. The number of anilines is 1. The lowest BCUT2D eigenvalue weighted by molar-refractivity contribution is -0.111. The Kier molecular flexibility index (Phi) is 4.48. The number of hydrogen-bond donors (Lipinski definition) is 1. The third-order valence-electron chi connectivity index (χ3n) is 3.35. The largest absolute Gasteiger partial charge is 0.321 e. The van der Waals surface area contributed by atoms with Crippen LogP contribution in [-0.2, 0) is 11.8 Å². The molecule has 0 aliphatic carbocycles. The van der Waals surface area contributed by atoms with Gasteiger partial charge in [0, 0.05) is 24.4 Å². The Hall–Kier alpha value is -2.07. The van der Waals surface area contributed by atoms with Crippen LogP contribution < -0.4 is 5.32 Å². The zero-order chi connectivity index (χ0) is 15.6. The second-order valence-electron chi connectivity index (χ2n) is 5.01. The minimum atomic E-state index is -0.219. The zero-order valence-corrected chi connectivity index (χ0v) is 13.3. The average Bonchev–Trinajstić information content (AvgIpc) is 2.65. The lowest BCUT2D eigenvalue weighted by Crippen LogP contribution is -2.08. The molecule has 0 atom stereocenters. The number of aromatic nitrogens is 2. The molecule has 110 valence electrons. The van der Waals surface area contributed by atoms with Crippen LogP contribution >= 0.6 is 11.6 Å². The van der Waals surface area contributed by atoms with Crippen molar-refractivity contribution in [1.29, 1.82) is 0 Å². The summed E-state index contributed by atoms with van der Waals surface area (Å²) in [6.45, 7) is 5.83. The van der Waals surface area contributed by atoms with Crippen molar-refractivity contribution in [3.63, 3.8) is 0 Å². The van der Waals surface area contributed by atoms with E-state index in [2.05, 4.69) is 10.4 Å². The molecule has 0 unspecified atom stereocenters. The van der Waals surface area contributed by atoms with E-state index in [0.29, 0.717) is 10.7 Å². The molecule has 0 aliphatic rings. The Morgan fingerprint density at radius 3 is 2.62 bits per heavy atom. The van der Waals surface area contributed by atoms with Crippen LogP contribution in [0.2, 0.25) is 5.02 Å². The van der Waals surface area contributed by atoms with Gasteiger partial charge in [-0.2, -0.15) is 5.10 Å². The van der Waals surface area contributed by atoms with Crippen molar-refractivity contribution in [3.8, 4) is 0 Å². The van der Waals surface area contributed by atoms with E-state index in [1.165, 1.54) is 6.08 Å². The standard InChI is InChI=1S/C16H18ClN3O/c1-10-5-7-15(14(17)9-10)18-16(21)8-6-13-11(2)19-20(4)12(13)3/h5-9H,1-4H3,(H,18,21)/b8-6+. The van der Waals surface area contributed by atoms with Crippen LogP contribution in [0.25, 0.3) is 6.08 Å². The van der Waals surface area contributed by atoms with Crippen molar-refractivity contribution in [1.82, 2.24) is 9.78 Å². The van der Waals surface area contributed by atoms with Crippen molar-refractivity contribution in [2.24, 2.45) is 7.05 Å². The van der Waals surface area contributed by atoms with Gasteiger partial charge >= 0.3 is 0 Å². The molecule has 2 aromatic rings. The molecule has 4 nitrogen and oxygen atoms in total. The molecule has 1 N–H and O–H groups in total. The van der Waals surface area contributed by atoms with Gasteiger partial charge in [-0.15, -0.1) is 0 Å². The minimum Gasteiger partial charge on any atom is -0.321 e. The summed E-state index contributed by atoms with van der Waals surface area (Å²) in [5, 5.41) is 7.61. The topological polar surface area (TPSA) is 46.9 Å². The van der Waals surface area contributed by atoms with Gasteiger partial charge in [-0.1, -0.05) is 17.7 Å². The Balaban J connectivity index is 2.13. The highest BCUT2D eigenvalue weighted by atomic mass is 35.5. The number of nitrogens with one attached hydrogen (secondary N) is 1. The number of hydrogen-bond acceptors (Lipinski definition) is 2. The minimum absolute atomic E-state index is 0.219. The number of carbonyl (C=O) groups excluding carboxylic acids is 1. The first-order valence-electron chi connectivity index (χ1n) is 6.64. The second kappa shape index (κ2) is 6.14. The summed E-state index contributed by atoms with van der Waals surface area (Å²) in [7, 11) is 1.88. The summed E-state index contributed by atoms with van der Waals surface area (Å²) < 4.78 is 1.80. The molecule has 5 heteroatoms. The Morgan fingerprint density at radius 2 is 2.05 bits per heavy atom. The van der Waals surface area contributed by atoms with Crippen LogP contribution in [0.1, 0.15) is 22.5 Å². The highest BCUT2D eigenvalue weighted by Gasteiger charge is 2.07. The fraction of sp³-hybridized carbons (Fsp3) is 0.250. The zero-order valence-electron chi connectivity index (χ0n) is 12.6. The molecule has 0 spiro atoms. The third-order valence-corrected chi connectivity index (χ3v) is 3.66. The molecule has 21 heavy (non-hydrogen) atoms. The molecule has 2 rings (SSSR count). The van der Waals surface area contributed by atoms with Gasteiger partial charge in [-0.3, -0.25) is 9.48 Å². The second-order valence-corrected chi connectivity index (χ2v) is 5.42. The highest BCUT2D eigenvalue weighted by Crippen LogP contribution is 2.22. The summed E-state index contributed by atoms with van der Waals surface area (Å²) in [6.07, 6.45) is 3.27. The van der Waals surface area contributed by atoms with Gasteiger partial charge in [0.25, 0.3) is 0 Å². The van der Waals surface area contributed by atoms with E-state index in [4.69, 9.17) is 11.6 Å². The van der Waals surface area contributed by atoms with Crippen LogP contribution in [0.5, 0.6) is 0 Å². The van der Waals surface area contributed by atoms with Gasteiger partial charge in [-0.05, 0) is 44.5 Å². The van der Waals surface area contributed by atoms with Gasteiger partial charge in [-0.25, -0.2) is 0 Å². The van der Waals surface area contributed by atoms with E-state index in [1.807, 2.05) is 40.0 Å². The molecule has 1 heterocycles. The van der Waals surface area contributed by atoms with Crippen molar-refractivity contribution in [3.05, 3.63) is 51.8 Å². The van der Waals surface area contributed by atoms with Crippen molar-refractivity contribution < 1.29 is 4.79 Å². The maximum Gasteiger partial charge on any atom is 0.248 e. The predicted molar refractivity (Wildman–Crippen MR) is 86.5 cm³/mol. The number of aryl methyl sites for hydroxylation is 3. The molecule has 0 aliphatic heterocycles. The molecular formula is C16H18ClN3O. The first kappa shape index (κ1) is 15.3. The number of amides is 1. The molecule has 0 saturated carbocycles. The lowest BCUT2D eigenvalue weighted by atomic mass is 10.2. The molecule has 1 amide bonds. The molecule has 0 fully saturated rings. The lowest BCUT2D eigenvalue weighted by Gasteiger charge is -2.05. The van der Waals surface area contributed by atoms with E-state index in [1.54, 1.807) is 16.8 Å². The van der Waals surface area contributed by atoms with Crippen LogP contribution in [0.15, 0.2) is 24.3 Å². The number of carbonyl (C=O) groups is 1. The molecular weight excluding hydrogens is 286 g/mol. The van der Waals surface area contributed by atoms with E-state index in [-0.39, 0.29) is 5.91 Å². The van der Waals surface area contributed by atoms with Crippen LogP contribution in [0.4, 0.5) is 5.69 Å². The molecule has 1 aromatic carbocycles. The fourth-order valence-electron chi connectivity index (χ4n) is 2.09. The summed E-state index contributed by atoms with van der Waals surface area (Å²) in [5.41, 5.74) is 4.53. The van der Waals surface area contributed by atoms with Crippen LogP contribution in [0, 0.1) is 20.8 Å². The molecule has 0 saturated heterocycles. The molecule has 0 radical (unpaired) electrons. The van der Waals surface area contributed by atoms with E-state index in [0.717, 1.165) is 22.5 Å². The Labute approximate surface area is 129 Å². The van der Waals surface area contributed by atoms with E-state index >= 15 is 0 Å². The quantitative estimate of drug-likeness (QED) is 0.880. The Bertz CT molecular complexity index is 717. The fourth-order valence-corrected chi connectivity index (χ4v) is 2.37. The normalized spacial score (nSPS) is 11.1. The third kappa shape index (κ3) is 3.52. The number of benzene rings is 1. The van der Waals surface area contributed by atoms with Gasteiger partial charge in [0.1, 0.15) is 0 Å². The number of nitrogens with zero attached hydrogens (tertiary/aromatic N) is 2. The van der Waals surface area contributed by atoms with Crippen LogP contribution in [-0.4, -0.2) is 15.7 Å². The van der Waals surface area contributed by atoms with Gasteiger partial charge in [0.05, 0.1) is 16.4 Å². The van der Waals surface area contributed by atoms with Crippen molar-refractivity contribution in [2.45, 2.75) is 20.8 Å². The monoisotopic (exact) mass is 303 g/mol. The summed E-state index contributed by atoms with van der Waals surface area (Å²) in [6, 6.07) is 5.51. The van der Waals surface area contributed by atoms with Gasteiger partial charge < -0.3 is 5.32 Å². The summed E-state index contributed by atoms with van der Waals surface area (Å²) in [5.74, 6) is -0.219. The van der Waals surface area contributed by atoms with Gasteiger partial charge in [0.2, 0.25) is 5.91 Å². The number of rotatable bonds is 3. The molecule has 0 bridgehead atoms. The highest BCUT2D eigenvalue weighted by molar-refractivity contribution is 6.33. The first-order chi connectivity index (χ1) is 9.88. The summed E-state index contributed by atoms with van der Waals surface area (Å²) >= 11 is 6.09. The van der Waals surface area contributed by atoms with E-state index < -0.39 is 0 Å². The average molecular weight is 304 g/mol. The number of halogens is 1. The van der Waals surface area contributed by atoms with Crippen molar-refractivity contribution in [2.75, 3.05) is 5.32 Å². The smallest absolute Gasteiger partial charge is 0.248 e. The van der Waals surface area contributed by atoms with Crippen molar-refractivity contribution >= 4 is 29.3 Å². The molecule has 1 aromatic heterocycles. The van der Waals surface area contributed by atoms with Gasteiger partial charge in [0.15, 0.2) is 0 Å². The Morgan fingerprint density at radius 1 is 1.33 bits per heavy atom. The SMILES string of the molecule is Cc1ccc(NC(=O)/C=C/c2c(C)nn(C)c2C)c(Cl)c1. The van der Waals surface area contributed by atoms with Crippen LogP contribution in [0.3, 0.4) is 0 Å². The maximum absolute atomic E-state index is 12.0. The predicted octanol–water partition coefficient (Wildman–Crippen LogP) is 3.65. The van der Waals surface area contributed by atoms with E-state index in [9.17, 15) is 4.79 Å². The summed E-state index contributed by atoms with van der Waals surface area (Å²) in [4.78, 5) is 12.0. The first-order valence-corrected chi connectivity index (χ1v) is 7.01.